The Kier molecular flexibility index (Phi) is 4.37. The number of nitro groups is 1. The molecule has 0 heterocycles. The summed E-state index contributed by atoms with van der Waals surface area (Å²) in [5, 5.41) is 11.2. The number of nitro benzene ring substituents is 1. The molecule has 0 amide bonds. The minimum absolute atomic E-state index is 0.00785. The lowest BCUT2D eigenvalue weighted by molar-refractivity contribution is -0.385. The lowest BCUT2D eigenvalue weighted by atomic mass is 9.81. The molecule has 0 aliphatic heterocycles. The third kappa shape index (κ3) is 2.81. The summed E-state index contributed by atoms with van der Waals surface area (Å²) in [5.74, 6) is -0.211. The van der Waals surface area contributed by atoms with Crippen LogP contribution in [0.2, 0.25) is 0 Å². The number of ether oxygens (including phenoxy) is 1. The maximum atomic E-state index is 11.7. The first-order chi connectivity index (χ1) is 9.54. The predicted molar refractivity (Wildman–Crippen MR) is 75.0 cm³/mol. The monoisotopic (exact) mass is 277 g/mol. The van der Waals surface area contributed by atoms with Crippen molar-refractivity contribution in [2.75, 3.05) is 7.11 Å². The van der Waals surface area contributed by atoms with E-state index < -0.39 is 10.9 Å². The van der Waals surface area contributed by atoms with Crippen molar-refractivity contribution in [3.8, 4) is 0 Å². The minimum atomic E-state index is -0.523. The van der Waals surface area contributed by atoms with Gasteiger partial charge in [0.2, 0.25) is 0 Å². The van der Waals surface area contributed by atoms with E-state index >= 15 is 0 Å². The first-order valence-corrected chi connectivity index (χ1v) is 6.92. The van der Waals surface area contributed by atoms with Crippen LogP contribution in [-0.4, -0.2) is 18.0 Å². The van der Waals surface area contributed by atoms with E-state index in [2.05, 4.69) is 0 Å². The summed E-state index contributed by atoms with van der Waals surface area (Å²) in [6.07, 6.45) is 5.56. The molecule has 0 spiro atoms. The fourth-order valence-corrected chi connectivity index (χ4v) is 2.98. The van der Waals surface area contributed by atoms with Crippen LogP contribution in [0.4, 0.5) is 5.69 Å². The average Bonchev–Trinajstić information content (AvgIpc) is 2.47. The second-order valence-corrected chi connectivity index (χ2v) is 5.29. The molecule has 1 aromatic carbocycles. The Labute approximate surface area is 118 Å². The van der Waals surface area contributed by atoms with E-state index in [0.29, 0.717) is 11.5 Å². The Bertz CT molecular complexity index is 533. The molecule has 1 aromatic rings. The summed E-state index contributed by atoms with van der Waals surface area (Å²) in [7, 11) is 1.29. The normalized spacial score (nSPS) is 15.9. The fraction of sp³-hybridized carbons (Fsp3) is 0.533. The number of methoxy groups -OCH3 is 1. The van der Waals surface area contributed by atoms with Crippen molar-refractivity contribution >= 4 is 11.7 Å². The average molecular weight is 277 g/mol. The molecule has 0 radical (unpaired) electrons. The maximum Gasteiger partial charge on any atom is 0.338 e. The summed E-state index contributed by atoms with van der Waals surface area (Å²) in [6.45, 7) is 1.77. The zero-order chi connectivity index (χ0) is 14.7. The highest BCUT2D eigenvalue weighted by Crippen LogP contribution is 2.37. The topological polar surface area (TPSA) is 69.4 Å². The van der Waals surface area contributed by atoms with Crippen LogP contribution in [0.15, 0.2) is 12.1 Å². The number of carbonyl (C=O) groups is 1. The fourth-order valence-electron chi connectivity index (χ4n) is 2.98. The highest BCUT2D eigenvalue weighted by molar-refractivity contribution is 5.90. The number of rotatable bonds is 3. The molecule has 0 aromatic heterocycles. The van der Waals surface area contributed by atoms with Crippen LogP contribution < -0.4 is 0 Å². The molecular weight excluding hydrogens is 258 g/mol. The van der Waals surface area contributed by atoms with Gasteiger partial charge in [0.25, 0.3) is 5.69 Å². The number of benzene rings is 1. The van der Waals surface area contributed by atoms with Crippen molar-refractivity contribution in [3.63, 3.8) is 0 Å². The Morgan fingerprint density at radius 2 is 1.95 bits per heavy atom. The highest BCUT2D eigenvalue weighted by Gasteiger charge is 2.25. The van der Waals surface area contributed by atoms with Gasteiger partial charge in [-0.25, -0.2) is 4.79 Å². The molecular formula is C15H19NO4. The zero-order valence-corrected chi connectivity index (χ0v) is 11.8. The van der Waals surface area contributed by atoms with Crippen molar-refractivity contribution < 1.29 is 14.5 Å². The second-order valence-electron chi connectivity index (χ2n) is 5.29. The van der Waals surface area contributed by atoms with E-state index in [1.165, 1.54) is 19.6 Å². The molecule has 20 heavy (non-hydrogen) atoms. The Balaban J connectivity index is 2.50. The van der Waals surface area contributed by atoms with Crippen molar-refractivity contribution in [1.82, 2.24) is 0 Å². The largest absolute Gasteiger partial charge is 0.465 e. The van der Waals surface area contributed by atoms with Gasteiger partial charge in [-0.2, -0.15) is 0 Å². The van der Waals surface area contributed by atoms with Gasteiger partial charge in [-0.15, -0.1) is 0 Å². The second kappa shape index (κ2) is 6.03. The summed E-state index contributed by atoms with van der Waals surface area (Å²) in [4.78, 5) is 22.4. The van der Waals surface area contributed by atoms with Gasteiger partial charge in [0, 0.05) is 11.6 Å². The molecule has 0 saturated heterocycles. The summed E-state index contributed by atoms with van der Waals surface area (Å²) < 4.78 is 4.69. The SMILES string of the molecule is COC(=O)c1cc(C2CCCCC2)c(C)c([N+](=O)[O-])c1. The zero-order valence-electron chi connectivity index (χ0n) is 11.8. The molecule has 1 aliphatic carbocycles. The number of hydrogen-bond donors (Lipinski definition) is 0. The van der Waals surface area contributed by atoms with Crippen LogP contribution in [0.1, 0.15) is 59.5 Å². The molecule has 108 valence electrons. The molecule has 1 aliphatic rings. The summed E-state index contributed by atoms with van der Waals surface area (Å²) in [6, 6.07) is 3.08. The van der Waals surface area contributed by atoms with Crippen LogP contribution in [0.25, 0.3) is 0 Å². The number of esters is 1. The van der Waals surface area contributed by atoms with Gasteiger partial charge in [-0.3, -0.25) is 10.1 Å². The van der Waals surface area contributed by atoms with Crippen LogP contribution in [0.5, 0.6) is 0 Å². The first kappa shape index (κ1) is 14.5. The molecule has 5 nitrogen and oxygen atoms in total. The van der Waals surface area contributed by atoms with Gasteiger partial charge in [-0.1, -0.05) is 19.3 Å². The van der Waals surface area contributed by atoms with Gasteiger partial charge >= 0.3 is 5.97 Å². The van der Waals surface area contributed by atoms with Gasteiger partial charge in [0.05, 0.1) is 17.6 Å². The van der Waals surface area contributed by atoms with E-state index in [9.17, 15) is 14.9 Å². The quantitative estimate of drug-likeness (QED) is 0.479. The van der Waals surface area contributed by atoms with Crippen LogP contribution >= 0.6 is 0 Å². The van der Waals surface area contributed by atoms with Gasteiger partial charge in [-0.05, 0) is 37.3 Å². The Hall–Kier alpha value is -1.91. The number of hydrogen-bond acceptors (Lipinski definition) is 4. The van der Waals surface area contributed by atoms with Crippen molar-refractivity contribution in [2.45, 2.75) is 44.9 Å². The predicted octanol–water partition coefficient (Wildman–Crippen LogP) is 3.74. The molecule has 0 atom stereocenters. The highest BCUT2D eigenvalue weighted by atomic mass is 16.6. The third-order valence-electron chi connectivity index (χ3n) is 4.08. The van der Waals surface area contributed by atoms with Crippen molar-refractivity contribution in [3.05, 3.63) is 38.9 Å². The van der Waals surface area contributed by atoms with Crippen molar-refractivity contribution in [2.24, 2.45) is 0 Å². The summed E-state index contributed by atoms with van der Waals surface area (Å²) >= 11 is 0. The van der Waals surface area contributed by atoms with Gasteiger partial charge in [0.1, 0.15) is 0 Å². The lowest BCUT2D eigenvalue weighted by Gasteiger charge is -2.23. The van der Waals surface area contributed by atoms with Crippen molar-refractivity contribution in [1.29, 1.82) is 0 Å². The molecule has 0 unspecified atom stereocenters. The van der Waals surface area contributed by atoms with E-state index in [1.807, 2.05) is 0 Å². The Morgan fingerprint density at radius 1 is 1.30 bits per heavy atom. The van der Waals surface area contributed by atoms with Crippen LogP contribution in [-0.2, 0) is 4.74 Å². The lowest BCUT2D eigenvalue weighted by Crippen LogP contribution is -2.11. The molecule has 0 N–H and O–H groups in total. The molecule has 1 fully saturated rings. The van der Waals surface area contributed by atoms with Gasteiger partial charge < -0.3 is 4.74 Å². The molecule has 2 rings (SSSR count). The smallest absolute Gasteiger partial charge is 0.338 e. The number of carbonyl (C=O) groups excluding carboxylic acids is 1. The molecule has 0 bridgehead atoms. The summed E-state index contributed by atoms with van der Waals surface area (Å²) in [5.41, 5.74) is 1.88. The first-order valence-electron chi connectivity index (χ1n) is 6.92. The Morgan fingerprint density at radius 3 is 2.50 bits per heavy atom. The van der Waals surface area contributed by atoms with E-state index in [0.717, 1.165) is 31.2 Å². The molecule has 5 heteroatoms. The minimum Gasteiger partial charge on any atom is -0.465 e. The maximum absolute atomic E-state index is 11.7. The third-order valence-corrected chi connectivity index (χ3v) is 4.08. The molecule has 1 saturated carbocycles. The van der Waals surface area contributed by atoms with Crippen LogP contribution in [0.3, 0.4) is 0 Å². The van der Waals surface area contributed by atoms with Crippen LogP contribution in [0, 0.1) is 17.0 Å². The van der Waals surface area contributed by atoms with E-state index in [4.69, 9.17) is 4.74 Å². The van der Waals surface area contributed by atoms with E-state index in [1.54, 1.807) is 13.0 Å². The van der Waals surface area contributed by atoms with Gasteiger partial charge in [0.15, 0.2) is 0 Å². The number of nitrogens with zero attached hydrogens (tertiary/aromatic N) is 1. The van der Waals surface area contributed by atoms with E-state index in [-0.39, 0.29) is 11.3 Å². The standard InChI is InChI=1S/C15H19NO4/c1-10-13(11-6-4-3-5-7-11)8-12(15(17)20-2)9-14(10)16(18)19/h8-9,11H,3-7H2,1-2H3.